The van der Waals surface area contributed by atoms with Crippen LogP contribution in [-0.4, -0.2) is 51.3 Å². The van der Waals surface area contributed by atoms with Crippen LogP contribution in [0.3, 0.4) is 0 Å². The summed E-state index contributed by atoms with van der Waals surface area (Å²) in [7, 11) is 1.76. The first kappa shape index (κ1) is 15.9. The van der Waals surface area contributed by atoms with Gasteiger partial charge in [0.15, 0.2) is 0 Å². The van der Waals surface area contributed by atoms with Crippen LogP contribution in [0.1, 0.15) is 6.42 Å². The van der Waals surface area contributed by atoms with E-state index < -0.39 is 0 Å². The third-order valence-corrected chi connectivity index (χ3v) is 2.04. The van der Waals surface area contributed by atoms with Crippen molar-refractivity contribution in [3.63, 3.8) is 0 Å². The van der Waals surface area contributed by atoms with Gasteiger partial charge in [0.05, 0.1) is 6.61 Å². The molecule has 0 aromatic rings. The fourth-order valence-corrected chi connectivity index (χ4v) is 1.35. The second-order valence-corrected chi connectivity index (χ2v) is 2.94. The molecule has 0 aromatic carbocycles. The average Bonchev–Trinajstić information content (AvgIpc) is 2.28. The maximum absolute atomic E-state index is 5.02. The average molecular weight is 231 g/mol. The van der Waals surface area contributed by atoms with Crippen molar-refractivity contribution in [1.29, 1.82) is 0 Å². The van der Waals surface area contributed by atoms with Gasteiger partial charge >= 0.3 is 0 Å². The van der Waals surface area contributed by atoms with Crippen molar-refractivity contribution in [3.05, 3.63) is 0 Å². The van der Waals surface area contributed by atoms with Crippen LogP contribution >= 0.6 is 24.8 Å². The Morgan fingerprint density at radius 2 is 2.00 bits per heavy atom. The second-order valence-electron chi connectivity index (χ2n) is 2.94. The van der Waals surface area contributed by atoms with Crippen LogP contribution < -0.4 is 5.32 Å². The zero-order chi connectivity index (χ0) is 7.94. The van der Waals surface area contributed by atoms with E-state index in [0.717, 1.165) is 19.7 Å². The molecule has 5 heteroatoms. The summed E-state index contributed by atoms with van der Waals surface area (Å²) in [6.07, 6.45) is 1.27. The lowest BCUT2D eigenvalue weighted by molar-refractivity contribution is 0.152. The molecule has 0 aliphatic carbocycles. The Labute approximate surface area is 93.0 Å². The molecule has 3 nitrogen and oxygen atoms in total. The zero-order valence-corrected chi connectivity index (χ0v) is 9.75. The van der Waals surface area contributed by atoms with Crippen LogP contribution in [0.2, 0.25) is 0 Å². The molecule has 0 bridgehead atoms. The Balaban J connectivity index is 0. The van der Waals surface area contributed by atoms with Gasteiger partial charge < -0.3 is 10.1 Å². The number of nitrogens with one attached hydrogen (secondary N) is 1. The van der Waals surface area contributed by atoms with Crippen molar-refractivity contribution in [2.75, 3.05) is 46.4 Å². The highest BCUT2D eigenvalue weighted by Gasteiger charge is 2.06. The van der Waals surface area contributed by atoms with E-state index >= 15 is 0 Å². The largest absolute Gasteiger partial charge is 0.383 e. The van der Waals surface area contributed by atoms with Gasteiger partial charge in [-0.05, 0) is 19.5 Å². The summed E-state index contributed by atoms with van der Waals surface area (Å²) < 4.78 is 5.02. The molecule has 13 heavy (non-hydrogen) atoms. The predicted molar refractivity (Wildman–Crippen MR) is 60.3 cm³/mol. The minimum atomic E-state index is 0. The predicted octanol–water partition coefficient (Wildman–Crippen LogP) is 0.772. The third kappa shape index (κ3) is 7.52. The van der Waals surface area contributed by atoms with Gasteiger partial charge in [0.1, 0.15) is 0 Å². The molecule has 1 N–H and O–H groups in total. The molecule has 1 rings (SSSR count). The molecule has 1 saturated heterocycles. The van der Waals surface area contributed by atoms with Crippen LogP contribution in [0.15, 0.2) is 0 Å². The summed E-state index contributed by atoms with van der Waals surface area (Å²) in [4.78, 5) is 2.45. The molecule has 0 atom stereocenters. The first-order chi connectivity index (χ1) is 5.43. The Morgan fingerprint density at radius 1 is 1.23 bits per heavy atom. The molecule has 1 heterocycles. The van der Waals surface area contributed by atoms with Crippen molar-refractivity contribution >= 4 is 24.8 Å². The Hall–Kier alpha value is 0.460. The lowest BCUT2D eigenvalue weighted by Gasteiger charge is -2.18. The van der Waals surface area contributed by atoms with Gasteiger partial charge in [0.2, 0.25) is 0 Å². The quantitative estimate of drug-likeness (QED) is 0.776. The van der Waals surface area contributed by atoms with E-state index in [1.165, 1.54) is 26.1 Å². The maximum Gasteiger partial charge on any atom is 0.0589 e. The minimum absolute atomic E-state index is 0. The van der Waals surface area contributed by atoms with E-state index in [1.807, 2.05) is 0 Å². The van der Waals surface area contributed by atoms with Crippen molar-refractivity contribution in [1.82, 2.24) is 10.2 Å². The summed E-state index contributed by atoms with van der Waals surface area (Å²) >= 11 is 0. The Morgan fingerprint density at radius 3 is 2.69 bits per heavy atom. The fourth-order valence-electron chi connectivity index (χ4n) is 1.35. The monoisotopic (exact) mass is 230 g/mol. The molecule has 0 amide bonds. The summed E-state index contributed by atoms with van der Waals surface area (Å²) in [5.41, 5.74) is 0. The highest BCUT2D eigenvalue weighted by Crippen LogP contribution is 1.93. The lowest BCUT2D eigenvalue weighted by atomic mass is 10.4. The topological polar surface area (TPSA) is 24.5 Å². The number of hydrogen-bond donors (Lipinski definition) is 1. The first-order valence-corrected chi connectivity index (χ1v) is 4.35. The fraction of sp³-hybridized carbons (Fsp3) is 1.00. The van der Waals surface area contributed by atoms with Gasteiger partial charge in [-0.1, -0.05) is 0 Å². The first-order valence-electron chi connectivity index (χ1n) is 4.35. The van der Waals surface area contributed by atoms with E-state index in [9.17, 15) is 0 Å². The summed E-state index contributed by atoms with van der Waals surface area (Å²) in [5.74, 6) is 0. The van der Waals surface area contributed by atoms with E-state index in [1.54, 1.807) is 7.11 Å². The van der Waals surface area contributed by atoms with Crippen LogP contribution in [-0.2, 0) is 4.74 Å². The zero-order valence-electron chi connectivity index (χ0n) is 8.12. The number of rotatable bonds is 3. The minimum Gasteiger partial charge on any atom is -0.383 e. The molecular formula is C8H20Cl2N2O. The second kappa shape index (κ2) is 10.5. The molecule has 0 radical (unpaired) electrons. The van der Waals surface area contributed by atoms with Crippen molar-refractivity contribution < 1.29 is 4.74 Å². The Kier molecular flexibility index (Phi) is 12.9. The summed E-state index contributed by atoms with van der Waals surface area (Å²) in [6, 6.07) is 0. The SMILES string of the molecule is COCCN1CCCNCC1.Cl.Cl. The maximum atomic E-state index is 5.02. The van der Waals surface area contributed by atoms with E-state index in [-0.39, 0.29) is 24.8 Å². The van der Waals surface area contributed by atoms with Crippen molar-refractivity contribution in [2.45, 2.75) is 6.42 Å². The van der Waals surface area contributed by atoms with E-state index in [4.69, 9.17) is 4.74 Å². The molecule has 0 saturated carbocycles. The summed E-state index contributed by atoms with van der Waals surface area (Å²) in [5, 5.41) is 3.37. The number of halogens is 2. The Bertz CT molecular complexity index is 98.1. The standard InChI is InChI=1S/C8H18N2O.2ClH/c1-11-8-7-10-5-2-3-9-4-6-10;;/h9H,2-8H2,1H3;2*1H. The smallest absolute Gasteiger partial charge is 0.0589 e. The number of nitrogens with zero attached hydrogens (tertiary/aromatic N) is 1. The number of methoxy groups -OCH3 is 1. The number of ether oxygens (including phenoxy) is 1. The van der Waals surface area contributed by atoms with E-state index in [0.29, 0.717) is 0 Å². The van der Waals surface area contributed by atoms with E-state index in [2.05, 4.69) is 10.2 Å². The highest BCUT2D eigenvalue weighted by atomic mass is 35.5. The normalized spacial score (nSPS) is 18.2. The number of hydrogen-bond acceptors (Lipinski definition) is 3. The molecule has 0 unspecified atom stereocenters. The third-order valence-electron chi connectivity index (χ3n) is 2.04. The van der Waals surface area contributed by atoms with Gasteiger partial charge in [0, 0.05) is 26.7 Å². The lowest BCUT2D eigenvalue weighted by Crippen LogP contribution is -2.30. The van der Waals surface area contributed by atoms with Crippen LogP contribution in [0, 0.1) is 0 Å². The molecule has 1 fully saturated rings. The van der Waals surface area contributed by atoms with Crippen molar-refractivity contribution in [2.24, 2.45) is 0 Å². The van der Waals surface area contributed by atoms with Crippen LogP contribution in [0.5, 0.6) is 0 Å². The van der Waals surface area contributed by atoms with Crippen molar-refractivity contribution in [3.8, 4) is 0 Å². The van der Waals surface area contributed by atoms with Crippen LogP contribution in [0.25, 0.3) is 0 Å². The van der Waals surface area contributed by atoms with Gasteiger partial charge in [0.25, 0.3) is 0 Å². The molecule has 1 aliphatic rings. The van der Waals surface area contributed by atoms with Gasteiger partial charge in [-0.2, -0.15) is 0 Å². The summed E-state index contributed by atoms with van der Waals surface area (Å²) in [6.45, 7) is 6.63. The molecular weight excluding hydrogens is 211 g/mol. The molecule has 0 spiro atoms. The molecule has 82 valence electrons. The van der Waals surface area contributed by atoms with Crippen LogP contribution in [0.4, 0.5) is 0 Å². The van der Waals surface area contributed by atoms with Gasteiger partial charge in [-0.25, -0.2) is 0 Å². The van der Waals surface area contributed by atoms with Gasteiger partial charge in [-0.3, -0.25) is 4.90 Å². The molecule has 1 aliphatic heterocycles. The molecule has 0 aromatic heterocycles. The van der Waals surface area contributed by atoms with Gasteiger partial charge in [-0.15, -0.1) is 24.8 Å². The highest BCUT2D eigenvalue weighted by molar-refractivity contribution is 5.85.